The zero-order valence-electron chi connectivity index (χ0n) is 12.7. The first-order chi connectivity index (χ1) is 9.51. The van der Waals surface area contributed by atoms with Gasteiger partial charge in [0.05, 0.1) is 6.10 Å². The van der Waals surface area contributed by atoms with Crippen molar-refractivity contribution in [3.05, 3.63) is 11.9 Å². The van der Waals surface area contributed by atoms with Crippen molar-refractivity contribution in [3.8, 4) is 0 Å². The topological polar surface area (TPSA) is 85.1 Å². The van der Waals surface area contributed by atoms with Crippen molar-refractivity contribution in [1.29, 1.82) is 0 Å². The number of hydrazine groups is 1. The molecule has 0 aliphatic heterocycles. The summed E-state index contributed by atoms with van der Waals surface area (Å²) in [5.41, 5.74) is 2.70. The van der Waals surface area contributed by atoms with Gasteiger partial charge < -0.3 is 15.5 Å². The Bertz CT molecular complexity index is 463. The van der Waals surface area contributed by atoms with Crippen molar-refractivity contribution < 1.29 is 4.74 Å². The van der Waals surface area contributed by atoms with E-state index in [4.69, 9.17) is 10.6 Å². The maximum atomic E-state index is 5.47. The van der Waals surface area contributed by atoms with E-state index in [1.54, 1.807) is 7.11 Å². The lowest BCUT2D eigenvalue weighted by Gasteiger charge is -2.51. The summed E-state index contributed by atoms with van der Waals surface area (Å²) >= 11 is 0. The predicted molar refractivity (Wildman–Crippen MR) is 80.4 cm³/mol. The predicted octanol–water partition coefficient (Wildman–Crippen LogP) is 1.94. The van der Waals surface area contributed by atoms with E-state index in [0.717, 1.165) is 30.9 Å². The normalized spacial score (nSPS) is 24.1. The fourth-order valence-corrected chi connectivity index (χ4v) is 2.69. The molecule has 1 fully saturated rings. The molecule has 112 valence electrons. The van der Waals surface area contributed by atoms with Crippen LogP contribution in [0, 0.1) is 5.41 Å². The largest absolute Gasteiger partial charge is 0.381 e. The first kappa shape index (κ1) is 15.0. The van der Waals surface area contributed by atoms with Crippen LogP contribution in [-0.4, -0.2) is 29.2 Å². The SMILES string of the molecule is CCCc1nc(NN)cc(NC2CC(OC)C2(C)C)n1. The fraction of sp³-hybridized carbons (Fsp3) is 0.714. The minimum atomic E-state index is 0.0981. The van der Waals surface area contributed by atoms with E-state index in [2.05, 4.69) is 41.5 Å². The molecule has 0 spiro atoms. The van der Waals surface area contributed by atoms with Crippen LogP contribution in [0.15, 0.2) is 6.07 Å². The number of aromatic nitrogens is 2. The van der Waals surface area contributed by atoms with Crippen LogP contribution in [0.3, 0.4) is 0 Å². The summed E-state index contributed by atoms with van der Waals surface area (Å²) in [6.07, 6.45) is 3.14. The van der Waals surface area contributed by atoms with Crippen molar-refractivity contribution in [2.45, 2.75) is 52.2 Å². The summed E-state index contributed by atoms with van der Waals surface area (Å²) in [6.45, 7) is 6.52. The van der Waals surface area contributed by atoms with E-state index in [9.17, 15) is 0 Å². The molecule has 2 rings (SSSR count). The molecule has 2 unspecified atom stereocenters. The van der Waals surface area contributed by atoms with E-state index in [1.807, 2.05) is 6.07 Å². The van der Waals surface area contributed by atoms with E-state index >= 15 is 0 Å². The molecule has 2 atom stereocenters. The number of aryl methyl sites for hydroxylation is 1. The van der Waals surface area contributed by atoms with Crippen LogP contribution < -0.4 is 16.6 Å². The van der Waals surface area contributed by atoms with Crippen LogP contribution in [0.4, 0.5) is 11.6 Å². The molecule has 0 saturated heterocycles. The number of nitrogens with two attached hydrogens (primary N) is 1. The molecular formula is C14H25N5O. The number of hydrogen-bond acceptors (Lipinski definition) is 6. The second kappa shape index (κ2) is 5.93. The third-order valence-corrected chi connectivity index (χ3v) is 4.18. The third kappa shape index (κ3) is 2.86. The minimum Gasteiger partial charge on any atom is -0.381 e. The van der Waals surface area contributed by atoms with Gasteiger partial charge in [0.2, 0.25) is 0 Å². The van der Waals surface area contributed by atoms with Crippen LogP contribution in [0.2, 0.25) is 0 Å². The monoisotopic (exact) mass is 279 g/mol. The Morgan fingerprint density at radius 2 is 2.10 bits per heavy atom. The van der Waals surface area contributed by atoms with E-state index in [-0.39, 0.29) is 5.41 Å². The zero-order chi connectivity index (χ0) is 14.8. The summed E-state index contributed by atoms with van der Waals surface area (Å²) in [5.74, 6) is 7.75. The lowest BCUT2D eigenvalue weighted by atomic mass is 9.64. The summed E-state index contributed by atoms with van der Waals surface area (Å²) in [7, 11) is 1.77. The second-order valence-corrected chi connectivity index (χ2v) is 5.93. The molecular weight excluding hydrogens is 254 g/mol. The van der Waals surface area contributed by atoms with Crippen LogP contribution >= 0.6 is 0 Å². The quantitative estimate of drug-likeness (QED) is 0.545. The summed E-state index contributed by atoms with van der Waals surface area (Å²) in [5, 5.41) is 3.48. The van der Waals surface area contributed by atoms with Crippen molar-refractivity contribution in [2.24, 2.45) is 11.3 Å². The van der Waals surface area contributed by atoms with Crippen molar-refractivity contribution >= 4 is 11.6 Å². The van der Waals surface area contributed by atoms with Crippen molar-refractivity contribution in [1.82, 2.24) is 9.97 Å². The van der Waals surface area contributed by atoms with Gasteiger partial charge in [-0.2, -0.15) is 0 Å². The molecule has 1 aromatic heterocycles. The molecule has 6 nitrogen and oxygen atoms in total. The Kier molecular flexibility index (Phi) is 4.45. The van der Waals surface area contributed by atoms with Gasteiger partial charge in [-0.1, -0.05) is 20.8 Å². The molecule has 0 aromatic carbocycles. The summed E-state index contributed by atoms with van der Waals surface area (Å²) in [4.78, 5) is 8.90. The number of methoxy groups -OCH3 is 1. The Morgan fingerprint density at radius 3 is 2.65 bits per heavy atom. The molecule has 1 aromatic rings. The third-order valence-electron chi connectivity index (χ3n) is 4.18. The van der Waals surface area contributed by atoms with Crippen molar-refractivity contribution in [2.75, 3.05) is 17.9 Å². The number of rotatable bonds is 6. The number of ether oxygens (including phenoxy) is 1. The van der Waals surface area contributed by atoms with Crippen LogP contribution in [0.1, 0.15) is 39.4 Å². The van der Waals surface area contributed by atoms with E-state index in [1.165, 1.54) is 0 Å². The van der Waals surface area contributed by atoms with Crippen LogP contribution in [0.5, 0.6) is 0 Å². The highest BCUT2D eigenvalue weighted by atomic mass is 16.5. The first-order valence-electron chi connectivity index (χ1n) is 7.15. The van der Waals surface area contributed by atoms with Gasteiger partial charge in [0.25, 0.3) is 0 Å². The number of anilines is 2. The molecule has 1 aliphatic rings. The number of nitrogens with one attached hydrogen (secondary N) is 2. The van der Waals surface area contributed by atoms with Gasteiger partial charge in [-0.3, -0.25) is 0 Å². The Morgan fingerprint density at radius 1 is 1.40 bits per heavy atom. The Balaban J connectivity index is 2.11. The molecule has 6 heteroatoms. The summed E-state index contributed by atoms with van der Waals surface area (Å²) < 4.78 is 5.47. The van der Waals surface area contributed by atoms with E-state index < -0.39 is 0 Å². The molecule has 0 radical (unpaired) electrons. The standard InChI is InChI=1S/C14H25N5O/c1-5-6-11-17-12(8-13(18-11)19-15)16-9-7-10(20-4)14(9,2)3/h8-10H,5-7,15H2,1-4H3,(H2,16,17,18,19). The molecule has 0 bridgehead atoms. The van der Waals surface area contributed by atoms with Gasteiger partial charge in [0, 0.05) is 31.1 Å². The van der Waals surface area contributed by atoms with Gasteiger partial charge in [-0.25, -0.2) is 15.8 Å². The number of hydrogen-bond donors (Lipinski definition) is 3. The number of nitrogen functional groups attached to an aromatic ring is 1. The molecule has 20 heavy (non-hydrogen) atoms. The molecule has 1 heterocycles. The van der Waals surface area contributed by atoms with Crippen molar-refractivity contribution in [3.63, 3.8) is 0 Å². The molecule has 1 aliphatic carbocycles. The van der Waals surface area contributed by atoms with Gasteiger partial charge >= 0.3 is 0 Å². The average molecular weight is 279 g/mol. The molecule has 0 amide bonds. The minimum absolute atomic E-state index is 0.0981. The molecule has 4 N–H and O–H groups in total. The van der Waals surface area contributed by atoms with Gasteiger partial charge in [-0.15, -0.1) is 0 Å². The Labute approximate surface area is 120 Å². The van der Waals surface area contributed by atoms with Crippen LogP contribution in [-0.2, 0) is 11.2 Å². The average Bonchev–Trinajstić information content (AvgIpc) is 2.43. The van der Waals surface area contributed by atoms with E-state index in [0.29, 0.717) is 18.0 Å². The van der Waals surface area contributed by atoms with Gasteiger partial charge in [0.1, 0.15) is 17.5 Å². The summed E-state index contributed by atoms with van der Waals surface area (Å²) in [6, 6.07) is 2.19. The first-order valence-corrected chi connectivity index (χ1v) is 7.15. The lowest BCUT2D eigenvalue weighted by molar-refractivity contribution is -0.0795. The maximum absolute atomic E-state index is 5.47. The lowest BCUT2D eigenvalue weighted by Crippen LogP contribution is -2.57. The van der Waals surface area contributed by atoms with Crippen LogP contribution in [0.25, 0.3) is 0 Å². The Hall–Kier alpha value is -1.40. The highest BCUT2D eigenvalue weighted by molar-refractivity contribution is 5.48. The number of nitrogens with zero attached hydrogens (tertiary/aromatic N) is 2. The fourth-order valence-electron chi connectivity index (χ4n) is 2.69. The van der Waals surface area contributed by atoms with Gasteiger partial charge in [0.15, 0.2) is 0 Å². The highest BCUT2D eigenvalue weighted by Gasteiger charge is 2.48. The highest BCUT2D eigenvalue weighted by Crippen LogP contribution is 2.43. The second-order valence-electron chi connectivity index (χ2n) is 5.93. The van der Waals surface area contributed by atoms with Gasteiger partial charge in [-0.05, 0) is 12.8 Å². The smallest absolute Gasteiger partial charge is 0.145 e. The maximum Gasteiger partial charge on any atom is 0.145 e. The molecule has 1 saturated carbocycles. The zero-order valence-corrected chi connectivity index (χ0v) is 12.7.